The van der Waals surface area contributed by atoms with Crippen LogP contribution in [0.4, 0.5) is 4.39 Å². The van der Waals surface area contributed by atoms with Crippen LogP contribution in [0, 0.1) is 17.7 Å². The number of halogens is 2. The van der Waals surface area contributed by atoms with Gasteiger partial charge in [0.1, 0.15) is 17.3 Å². The van der Waals surface area contributed by atoms with E-state index in [1.165, 1.54) is 30.7 Å². The summed E-state index contributed by atoms with van der Waals surface area (Å²) in [6.07, 6.45) is 2.51. The van der Waals surface area contributed by atoms with Gasteiger partial charge in [0.15, 0.2) is 5.76 Å². The van der Waals surface area contributed by atoms with Gasteiger partial charge in [0.25, 0.3) is 0 Å². The highest BCUT2D eigenvalue weighted by Gasteiger charge is 2.33. The molecule has 0 aliphatic carbocycles. The topological polar surface area (TPSA) is 49.8 Å². The van der Waals surface area contributed by atoms with Crippen LogP contribution in [0.1, 0.15) is 41.8 Å². The molecule has 6 heteroatoms. The first-order chi connectivity index (χ1) is 13.8. The highest BCUT2D eigenvalue weighted by molar-refractivity contribution is 6.32. The molecule has 0 amide bonds. The van der Waals surface area contributed by atoms with Crippen LogP contribution >= 0.6 is 11.6 Å². The lowest BCUT2D eigenvalue weighted by atomic mass is 9.91. The van der Waals surface area contributed by atoms with E-state index in [2.05, 4.69) is 18.7 Å². The van der Waals surface area contributed by atoms with Gasteiger partial charge in [-0.3, -0.25) is 9.69 Å². The smallest absolute Gasteiger partial charge is 0.231 e. The van der Waals surface area contributed by atoms with Crippen molar-refractivity contribution in [2.45, 2.75) is 26.8 Å². The first-order valence-corrected chi connectivity index (χ1v) is 10.2. The van der Waals surface area contributed by atoms with Crippen molar-refractivity contribution < 1.29 is 19.0 Å². The molecule has 0 unspecified atom stereocenters. The first-order valence-electron chi connectivity index (χ1n) is 9.79. The van der Waals surface area contributed by atoms with E-state index in [0.717, 1.165) is 13.1 Å². The quantitative estimate of drug-likeness (QED) is 0.693. The molecule has 2 aliphatic heterocycles. The molecule has 4 nitrogen and oxygen atoms in total. The lowest BCUT2D eigenvalue weighted by Crippen LogP contribution is -2.38. The summed E-state index contributed by atoms with van der Waals surface area (Å²) >= 11 is 6.08. The van der Waals surface area contributed by atoms with E-state index >= 15 is 0 Å². The predicted molar refractivity (Wildman–Crippen MR) is 111 cm³/mol. The number of phenols is 1. The Balaban J connectivity index is 1.67. The minimum absolute atomic E-state index is 0.000713. The molecule has 1 N–H and O–H groups in total. The van der Waals surface area contributed by atoms with E-state index in [-0.39, 0.29) is 27.9 Å². The van der Waals surface area contributed by atoms with Gasteiger partial charge in [-0.05, 0) is 48.6 Å². The van der Waals surface area contributed by atoms with Crippen LogP contribution in [0.25, 0.3) is 6.08 Å². The molecule has 0 radical (unpaired) electrons. The summed E-state index contributed by atoms with van der Waals surface area (Å²) in [7, 11) is 0. The number of nitrogens with zero attached hydrogens (tertiary/aromatic N) is 1. The van der Waals surface area contributed by atoms with Crippen LogP contribution in [0.15, 0.2) is 36.1 Å². The van der Waals surface area contributed by atoms with Gasteiger partial charge < -0.3 is 9.84 Å². The average molecular weight is 416 g/mol. The third-order valence-corrected chi connectivity index (χ3v) is 5.85. The number of Topliss-reactive ketones (excluding diaryl/α,β-unsaturated/α-hetero) is 1. The summed E-state index contributed by atoms with van der Waals surface area (Å²) in [6.45, 7) is 6.78. The van der Waals surface area contributed by atoms with Crippen LogP contribution in [0.3, 0.4) is 0 Å². The van der Waals surface area contributed by atoms with E-state index in [0.29, 0.717) is 35.3 Å². The molecular formula is C23H23ClFNO3. The van der Waals surface area contributed by atoms with Gasteiger partial charge in [-0.25, -0.2) is 4.39 Å². The lowest BCUT2D eigenvalue weighted by Gasteiger charge is -2.35. The molecule has 0 saturated carbocycles. The Kier molecular flexibility index (Phi) is 5.36. The van der Waals surface area contributed by atoms with E-state index in [1.807, 2.05) is 0 Å². The van der Waals surface area contributed by atoms with Gasteiger partial charge in [-0.15, -0.1) is 0 Å². The Labute approximate surface area is 174 Å². The Morgan fingerprint density at radius 2 is 1.97 bits per heavy atom. The van der Waals surface area contributed by atoms with Gasteiger partial charge in [0.05, 0.1) is 16.1 Å². The van der Waals surface area contributed by atoms with Gasteiger partial charge >= 0.3 is 0 Å². The number of piperidine rings is 1. The van der Waals surface area contributed by atoms with Gasteiger partial charge in [0, 0.05) is 25.2 Å². The summed E-state index contributed by atoms with van der Waals surface area (Å²) in [4.78, 5) is 15.1. The monoisotopic (exact) mass is 415 g/mol. The molecular weight excluding hydrogens is 393 g/mol. The molecule has 0 spiro atoms. The fourth-order valence-corrected chi connectivity index (χ4v) is 4.59. The van der Waals surface area contributed by atoms with Gasteiger partial charge in [-0.1, -0.05) is 31.5 Å². The number of carbonyl (C=O) groups is 1. The number of ether oxygens (including phenoxy) is 1. The van der Waals surface area contributed by atoms with E-state index in [4.69, 9.17) is 16.3 Å². The molecule has 4 rings (SSSR count). The number of hydrogen-bond acceptors (Lipinski definition) is 4. The molecule has 2 heterocycles. The predicted octanol–water partition coefficient (Wildman–Crippen LogP) is 5.28. The fraction of sp³-hybridized carbons (Fsp3) is 0.348. The maximum Gasteiger partial charge on any atom is 0.231 e. The van der Waals surface area contributed by atoms with Crippen LogP contribution in [0.5, 0.6) is 11.5 Å². The van der Waals surface area contributed by atoms with Crippen molar-refractivity contribution in [3.8, 4) is 11.5 Å². The zero-order valence-electron chi connectivity index (χ0n) is 16.4. The zero-order valence-corrected chi connectivity index (χ0v) is 17.2. The third kappa shape index (κ3) is 3.89. The SMILES string of the molecule is C[C@@H]1C[C@H](C)CN(Cc2c(O)ccc3c2O/C(=C\c2c(F)cccc2Cl)C3=O)C1. The standard InChI is InChI=1S/C23H23ClFNO3/c1-13-8-14(2)11-26(10-13)12-17-20(27)7-6-15-22(28)21(29-23(15)17)9-16-18(24)4-3-5-19(16)25/h3-7,9,13-14,27H,8,10-12H2,1-2H3/b21-9-/t13-,14+. The van der Waals surface area contributed by atoms with Gasteiger partial charge in [-0.2, -0.15) is 0 Å². The second-order valence-corrected chi connectivity index (χ2v) is 8.56. The van der Waals surface area contributed by atoms with Crippen molar-refractivity contribution in [1.82, 2.24) is 4.90 Å². The first kappa shape index (κ1) is 19.9. The van der Waals surface area contributed by atoms with Crippen molar-refractivity contribution in [1.29, 1.82) is 0 Å². The number of phenolic OH excluding ortho intramolecular Hbond substituents is 1. The number of rotatable bonds is 3. The molecule has 2 atom stereocenters. The maximum absolute atomic E-state index is 14.1. The summed E-state index contributed by atoms with van der Waals surface area (Å²) in [5.74, 6) is 0.696. The van der Waals surface area contributed by atoms with Crippen molar-refractivity contribution in [3.63, 3.8) is 0 Å². The Hall–Kier alpha value is -2.37. The average Bonchev–Trinajstić information content (AvgIpc) is 2.96. The molecule has 0 bridgehead atoms. The molecule has 2 aromatic rings. The van der Waals surface area contributed by atoms with Crippen LogP contribution in [0.2, 0.25) is 5.02 Å². The van der Waals surface area contributed by atoms with Crippen molar-refractivity contribution in [2.24, 2.45) is 11.8 Å². The Bertz CT molecular complexity index is 974. The van der Waals surface area contributed by atoms with E-state index < -0.39 is 5.82 Å². The van der Waals surface area contributed by atoms with Crippen LogP contribution in [-0.2, 0) is 6.54 Å². The molecule has 152 valence electrons. The number of fused-ring (bicyclic) bond motifs is 1. The number of ketones is 1. The van der Waals surface area contributed by atoms with Crippen molar-refractivity contribution in [2.75, 3.05) is 13.1 Å². The van der Waals surface area contributed by atoms with Crippen LogP contribution < -0.4 is 4.74 Å². The lowest BCUT2D eigenvalue weighted by molar-refractivity contribution is 0.101. The highest BCUT2D eigenvalue weighted by atomic mass is 35.5. The summed E-state index contributed by atoms with van der Waals surface area (Å²) in [5, 5.41) is 10.7. The molecule has 0 aromatic heterocycles. The molecule has 2 aliphatic rings. The Morgan fingerprint density at radius 1 is 1.24 bits per heavy atom. The fourth-order valence-electron chi connectivity index (χ4n) is 4.37. The number of hydrogen-bond donors (Lipinski definition) is 1. The minimum Gasteiger partial charge on any atom is -0.507 e. The Morgan fingerprint density at radius 3 is 2.66 bits per heavy atom. The molecule has 1 saturated heterocycles. The maximum atomic E-state index is 14.1. The van der Waals surface area contributed by atoms with Crippen LogP contribution in [-0.4, -0.2) is 28.9 Å². The highest BCUT2D eigenvalue weighted by Crippen LogP contribution is 2.41. The molecule has 2 aromatic carbocycles. The zero-order chi connectivity index (χ0) is 20.7. The second kappa shape index (κ2) is 7.81. The number of allylic oxidation sites excluding steroid dienone is 1. The second-order valence-electron chi connectivity index (χ2n) is 8.16. The summed E-state index contributed by atoms with van der Waals surface area (Å²) < 4.78 is 20.0. The van der Waals surface area contributed by atoms with Crippen molar-refractivity contribution in [3.05, 3.63) is 63.6 Å². The number of carbonyl (C=O) groups excluding carboxylic acids is 1. The van der Waals surface area contributed by atoms with Crippen molar-refractivity contribution >= 4 is 23.5 Å². The third-order valence-electron chi connectivity index (χ3n) is 5.52. The normalized spacial score (nSPS) is 23.3. The number of aromatic hydroxyl groups is 1. The number of likely N-dealkylation sites (tertiary alicyclic amines) is 1. The van der Waals surface area contributed by atoms with Gasteiger partial charge in [0.2, 0.25) is 5.78 Å². The number of benzene rings is 2. The van der Waals surface area contributed by atoms with E-state index in [9.17, 15) is 14.3 Å². The summed E-state index contributed by atoms with van der Waals surface area (Å²) in [6, 6.07) is 7.40. The summed E-state index contributed by atoms with van der Waals surface area (Å²) in [5.41, 5.74) is 1.06. The molecule has 29 heavy (non-hydrogen) atoms. The molecule has 1 fully saturated rings. The largest absolute Gasteiger partial charge is 0.507 e. The van der Waals surface area contributed by atoms with E-state index in [1.54, 1.807) is 12.1 Å². The minimum atomic E-state index is -0.531.